The molecule has 5 rings (SSSR count). The molecule has 0 unspecified atom stereocenters. The molecule has 0 N–H and O–H groups in total. The lowest BCUT2D eigenvalue weighted by molar-refractivity contribution is -0.138. The van der Waals surface area contributed by atoms with Crippen LogP contribution in [0.3, 0.4) is 0 Å². The predicted molar refractivity (Wildman–Crippen MR) is 96.1 cm³/mol. The fraction of sp³-hybridized carbons (Fsp3) is 0.500. The third-order valence-corrected chi connectivity index (χ3v) is 6.27. The average Bonchev–Trinajstić information content (AvgIpc) is 3.33. The molecule has 1 aromatic heterocycles. The van der Waals surface area contributed by atoms with Crippen LogP contribution in [-0.2, 0) is 23.1 Å². The van der Waals surface area contributed by atoms with Crippen LogP contribution in [0.4, 0.5) is 0 Å². The molecule has 3 aliphatic rings. The number of rotatable bonds is 3. The third kappa shape index (κ3) is 2.18. The second-order valence-corrected chi connectivity index (χ2v) is 7.68. The summed E-state index contributed by atoms with van der Waals surface area (Å²) in [7, 11) is 2.02. The van der Waals surface area contributed by atoms with Gasteiger partial charge < -0.3 is 14.2 Å². The van der Waals surface area contributed by atoms with Gasteiger partial charge in [-0.1, -0.05) is 30.3 Å². The molecule has 26 heavy (non-hydrogen) atoms. The van der Waals surface area contributed by atoms with E-state index in [0.717, 1.165) is 36.6 Å². The Bertz CT molecular complexity index is 829. The number of ether oxygens (including phenoxy) is 1. The van der Waals surface area contributed by atoms with E-state index in [0.29, 0.717) is 13.0 Å². The van der Waals surface area contributed by atoms with E-state index in [4.69, 9.17) is 4.74 Å². The summed E-state index contributed by atoms with van der Waals surface area (Å²) >= 11 is 0. The van der Waals surface area contributed by atoms with E-state index in [1.165, 1.54) is 0 Å². The lowest BCUT2D eigenvalue weighted by Gasteiger charge is -2.33. The highest BCUT2D eigenvalue weighted by Crippen LogP contribution is 2.51. The molecule has 136 valence electrons. The summed E-state index contributed by atoms with van der Waals surface area (Å²) in [6.07, 6.45) is 3.49. The topological polar surface area (TPSA) is 50.6 Å². The lowest BCUT2D eigenvalue weighted by atomic mass is 10.0. The third-order valence-electron chi connectivity index (χ3n) is 6.27. The molecule has 3 atom stereocenters. The van der Waals surface area contributed by atoms with Gasteiger partial charge in [0.05, 0.1) is 24.4 Å². The molecule has 1 spiro atoms. The molecular formula is C20H24N4O2. The van der Waals surface area contributed by atoms with Gasteiger partial charge in [-0.05, 0) is 12.5 Å². The number of nitrogens with zero attached hydrogens (tertiary/aromatic N) is 4. The van der Waals surface area contributed by atoms with Crippen LogP contribution in [0.5, 0.6) is 0 Å². The minimum Gasteiger partial charge on any atom is -0.351 e. The van der Waals surface area contributed by atoms with Gasteiger partial charge in [0, 0.05) is 39.2 Å². The van der Waals surface area contributed by atoms with E-state index in [9.17, 15) is 4.79 Å². The van der Waals surface area contributed by atoms with E-state index in [-0.39, 0.29) is 18.0 Å². The van der Waals surface area contributed by atoms with E-state index in [1.807, 2.05) is 41.6 Å². The molecule has 0 bridgehead atoms. The van der Waals surface area contributed by atoms with Crippen LogP contribution in [0.1, 0.15) is 36.0 Å². The Balaban J connectivity index is 1.42. The highest BCUT2D eigenvalue weighted by atomic mass is 16.5. The van der Waals surface area contributed by atoms with Gasteiger partial charge in [-0.2, -0.15) is 0 Å². The summed E-state index contributed by atoms with van der Waals surface area (Å²) in [4.78, 5) is 22.0. The molecule has 3 saturated heterocycles. The van der Waals surface area contributed by atoms with Gasteiger partial charge >= 0.3 is 0 Å². The smallest absolute Gasteiger partial charge is 0.227 e. The van der Waals surface area contributed by atoms with Crippen molar-refractivity contribution in [2.24, 2.45) is 7.05 Å². The number of carbonyl (C=O) groups excluding carboxylic acids is 1. The van der Waals surface area contributed by atoms with Crippen molar-refractivity contribution in [1.29, 1.82) is 0 Å². The van der Waals surface area contributed by atoms with Crippen molar-refractivity contribution >= 4 is 5.91 Å². The van der Waals surface area contributed by atoms with Crippen molar-refractivity contribution in [2.45, 2.75) is 44.1 Å². The van der Waals surface area contributed by atoms with Gasteiger partial charge in [0.25, 0.3) is 0 Å². The zero-order valence-electron chi connectivity index (χ0n) is 15.3. The summed E-state index contributed by atoms with van der Waals surface area (Å²) in [5.74, 6) is 1.22. The maximum Gasteiger partial charge on any atom is 0.227 e. The Morgan fingerprint density at radius 2 is 2.12 bits per heavy atom. The van der Waals surface area contributed by atoms with Crippen molar-refractivity contribution < 1.29 is 9.53 Å². The van der Waals surface area contributed by atoms with Crippen LogP contribution in [0.2, 0.25) is 0 Å². The van der Waals surface area contributed by atoms with Gasteiger partial charge in [-0.15, -0.1) is 0 Å². The lowest BCUT2D eigenvalue weighted by Crippen LogP contribution is -2.48. The Morgan fingerprint density at radius 1 is 1.31 bits per heavy atom. The van der Waals surface area contributed by atoms with Gasteiger partial charge in [-0.3, -0.25) is 9.69 Å². The second-order valence-electron chi connectivity index (χ2n) is 7.68. The highest BCUT2D eigenvalue weighted by Gasteiger charge is 2.64. The van der Waals surface area contributed by atoms with E-state index in [1.54, 1.807) is 0 Å². The molecular weight excluding hydrogens is 328 g/mol. The molecule has 6 nitrogen and oxygen atoms in total. The standard InChI is InChI=1S/C20H24N4O2/c1-14-21-16(11-22(14)2)12-23-9-8-20-18(23)10-19(25)24(20)17(13-26-20)15-6-4-3-5-7-15/h3-7,11,17-18H,8-10,12-13H2,1-2H3/t17-,18+,20-/m0/s1. The van der Waals surface area contributed by atoms with Gasteiger partial charge in [0.1, 0.15) is 5.82 Å². The first-order valence-corrected chi connectivity index (χ1v) is 9.32. The van der Waals surface area contributed by atoms with Crippen molar-refractivity contribution in [3.63, 3.8) is 0 Å². The maximum absolute atomic E-state index is 12.9. The summed E-state index contributed by atoms with van der Waals surface area (Å²) in [6, 6.07) is 10.4. The maximum atomic E-state index is 12.9. The first kappa shape index (κ1) is 16.0. The van der Waals surface area contributed by atoms with Crippen LogP contribution in [-0.4, -0.2) is 50.2 Å². The number of likely N-dealkylation sites (tertiary alicyclic amines) is 1. The number of hydrogen-bond acceptors (Lipinski definition) is 4. The first-order valence-electron chi connectivity index (χ1n) is 9.32. The zero-order valence-corrected chi connectivity index (χ0v) is 15.3. The van der Waals surface area contributed by atoms with E-state index < -0.39 is 5.72 Å². The normalized spacial score (nSPS) is 30.8. The SMILES string of the molecule is Cc1nc(CN2CC[C@@]34OC[C@@H](c5ccccc5)N3C(=O)C[C@@H]24)cn1C. The highest BCUT2D eigenvalue weighted by molar-refractivity contribution is 5.82. The number of hydrogen-bond donors (Lipinski definition) is 0. The van der Waals surface area contributed by atoms with Gasteiger partial charge in [0.2, 0.25) is 5.91 Å². The van der Waals surface area contributed by atoms with E-state index >= 15 is 0 Å². The van der Waals surface area contributed by atoms with Crippen LogP contribution < -0.4 is 0 Å². The molecule has 6 heteroatoms. The summed E-state index contributed by atoms with van der Waals surface area (Å²) in [5, 5.41) is 0. The number of aromatic nitrogens is 2. The molecule has 3 aliphatic heterocycles. The van der Waals surface area contributed by atoms with Gasteiger partial charge in [-0.25, -0.2) is 4.98 Å². The molecule has 1 aromatic carbocycles. The zero-order chi connectivity index (χ0) is 17.9. The van der Waals surface area contributed by atoms with Crippen molar-refractivity contribution in [3.8, 4) is 0 Å². The fourth-order valence-electron chi connectivity index (χ4n) is 4.96. The Labute approximate surface area is 153 Å². The Kier molecular flexibility index (Phi) is 3.49. The molecule has 1 amide bonds. The summed E-state index contributed by atoms with van der Waals surface area (Å²) in [5.41, 5.74) is 1.77. The molecule has 0 radical (unpaired) electrons. The van der Waals surface area contributed by atoms with Crippen LogP contribution >= 0.6 is 0 Å². The van der Waals surface area contributed by atoms with Crippen molar-refractivity contribution in [3.05, 3.63) is 53.6 Å². The van der Waals surface area contributed by atoms with Crippen LogP contribution in [0.15, 0.2) is 36.5 Å². The number of benzene rings is 1. The molecule has 4 heterocycles. The van der Waals surface area contributed by atoms with Crippen LogP contribution in [0.25, 0.3) is 0 Å². The Morgan fingerprint density at radius 3 is 2.85 bits per heavy atom. The fourth-order valence-corrected chi connectivity index (χ4v) is 4.96. The summed E-state index contributed by atoms with van der Waals surface area (Å²) < 4.78 is 8.41. The molecule has 3 fully saturated rings. The second kappa shape index (κ2) is 5.66. The van der Waals surface area contributed by atoms with Crippen molar-refractivity contribution in [1.82, 2.24) is 19.4 Å². The number of aryl methyl sites for hydroxylation is 2. The number of amides is 1. The molecule has 2 aromatic rings. The average molecular weight is 352 g/mol. The number of imidazole rings is 1. The molecule has 0 saturated carbocycles. The van der Waals surface area contributed by atoms with Crippen LogP contribution in [0, 0.1) is 6.92 Å². The summed E-state index contributed by atoms with van der Waals surface area (Å²) in [6.45, 7) is 4.31. The largest absolute Gasteiger partial charge is 0.351 e. The monoisotopic (exact) mass is 352 g/mol. The van der Waals surface area contributed by atoms with E-state index in [2.05, 4.69) is 28.2 Å². The predicted octanol–water partition coefficient (Wildman–Crippen LogP) is 2.00. The van der Waals surface area contributed by atoms with Crippen molar-refractivity contribution in [2.75, 3.05) is 13.2 Å². The minimum atomic E-state index is -0.457. The molecule has 0 aliphatic carbocycles. The quantitative estimate of drug-likeness (QED) is 0.848. The first-order chi connectivity index (χ1) is 12.6. The Hall–Kier alpha value is -2.18. The number of carbonyl (C=O) groups is 1. The minimum absolute atomic E-state index is 0.0331. The van der Waals surface area contributed by atoms with Gasteiger partial charge in [0.15, 0.2) is 5.72 Å².